The fourth-order valence-corrected chi connectivity index (χ4v) is 1.88. The molecule has 5 nitrogen and oxygen atoms in total. The molecular formula is C12H21N3O2. The largest absolute Gasteiger partial charge is 0.369 e. The van der Waals surface area contributed by atoms with Crippen LogP contribution in [0.25, 0.3) is 0 Å². The minimum absolute atomic E-state index is 0.0432. The third-order valence-corrected chi connectivity index (χ3v) is 3.16. The molecule has 0 aliphatic carbocycles. The van der Waals surface area contributed by atoms with Gasteiger partial charge in [0.15, 0.2) is 0 Å². The fourth-order valence-electron chi connectivity index (χ4n) is 1.88. The molecule has 0 saturated carbocycles. The van der Waals surface area contributed by atoms with Crippen molar-refractivity contribution in [3.63, 3.8) is 0 Å². The van der Waals surface area contributed by atoms with Gasteiger partial charge in [0, 0.05) is 25.7 Å². The Morgan fingerprint density at radius 2 is 2.12 bits per heavy atom. The van der Waals surface area contributed by atoms with Gasteiger partial charge in [-0.15, -0.1) is 0 Å². The third-order valence-electron chi connectivity index (χ3n) is 3.16. The van der Waals surface area contributed by atoms with E-state index in [1.54, 1.807) is 4.90 Å². The van der Waals surface area contributed by atoms with E-state index in [0.29, 0.717) is 19.6 Å². The van der Waals surface area contributed by atoms with Crippen molar-refractivity contribution in [3.05, 3.63) is 12.7 Å². The van der Waals surface area contributed by atoms with Gasteiger partial charge < -0.3 is 16.0 Å². The van der Waals surface area contributed by atoms with E-state index in [-0.39, 0.29) is 29.7 Å². The molecule has 5 heteroatoms. The highest BCUT2D eigenvalue weighted by molar-refractivity contribution is 5.87. The van der Waals surface area contributed by atoms with E-state index in [0.717, 1.165) is 0 Å². The molecule has 1 aliphatic heterocycles. The lowest BCUT2D eigenvalue weighted by Crippen LogP contribution is -2.60. The molecule has 0 spiro atoms. The number of amides is 2. The highest BCUT2D eigenvalue weighted by Crippen LogP contribution is 2.12. The van der Waals surface area contributed by atoms with Crippen molar-refractivity contribution in [2.45, 2.75) is 19.9 Å². The summed E-state index contributed by atoms with van der Waals surface area (Å²) in [4.78, 5) is 24.1. The molecule has 1 atom stereocenters. The Kier molecular flexibility index (Phi) is 4.69. The van der Waals surface area contributed by atoms with E-state index < -0.39 is 0 Å². The van der Waals surface area contributed by atoms with E-state index in [1.165, 1.54) is 6.08 Å². The maximum atomic E-state index is 11.2. The standard InChI is InChI=1S/C12H21N3O2/c1-4-11(16)15-6-9(7-15)14-5-10(8(2)3)12(13)17/h4,8-10,14H,1,5-7H2,2-3H3,(H2,13,17)/t10-/m0/s1. The number of nitrogens with zero attached hydrogens (tertiary/aromatic N) is 1. The second kappa shape index (κ2) is 5.82. The van der Waals surface area contributed by atoms with Crippen LogP contribution < -0.4 is 11.1 Å². The Morgan fingerprint density at radius 1 is 1.53 bits per heavy atom. The normalized spacial score (nSPS) is 17.7. The Bertz CT molecular complexity index is 309. The van der Waals surface area contributed by atoms with Crippen molar-refractivity contribution in [1.82, 2.24) is 10.2 Å². The molecule has 1 aliphatic rings. The van der Waals surface area contributed by atoms with Crippen LogP contribution in [0, 0.1) is 11.8 Å². The summed E-state index contributed by atoms with van der Waals surface area (Å²) in [6.07, 6.45) is 1.32. The number of hydrogen-bond acceptors (Lipinski definition) is 3. The quantitative estimate of drug-likeness (QED) is 0.627. The zero-order chi connectivity index (χ0) is 13.0. The number of rotatable bonds is 6. The molecule has 0 bridgehead atoms. The Balaban J connectivity index is 2.27. The minimum Gasteiger partial charge on any atom is -0.369 e. The molecule has 17 heavy (non-hydrogen) atoms. The van der Waals surface area contributed by atoms with Crippen LogP contribution in [0.3, 0.4) is 0 Å². The lowest BCUT2D eigenvalue weighted by atomic mass is 9.94. The summed E-state index contributed by atoms with van der Waals surface area (Å²) in [5.41, 5.74) is 5.32. The molecule has 0 aromatic rings. The van der Waals surface area contributed by atoms with Gasteiger partial charge in [-0.2, -0.15) is 0 Å². The summed E-state index contributed by atoms with van der Waals surface area (Å²) in [5.74, 6) is -0.241. The van der Waals surface area contributed by atoms with Crippen molar-refractivity contribution >= 4 is 11.8 Å². The molecule has 0 aromatic carbocycles. The summed E-state index contributed by atoms with van der Waals surface area (Å²) in [6.45, 7) is 9.32. The van der Waals surface area contributed by atoms with Crippen molar-refractivity contribution in [2.24, 2.45) is 17.6 Å². The Labute approximate surface area is 102 Å². The van der Waals surface area contributed by atoms with Gasteiger partial charge in [-0.1, -0.05) is 20.4 Å². The predicted molar refractivity (Wildman–Crippen MR) is 66.1 cm³/mol. The number of carbonyl (C=O) groups excluding carboxylic acids is 2. The van der Waals surface area contributed by atoms with Gasteiger partial charge in [0.1, 0.15) is 0 Å². The number of primary amides is 1. The topological polar surface area (TPSA) is 75.4 Å². The first-order valence-electron chi connectivity index (χ1n) is 5.89. The first kappa shape index (κ1) is 13.7. The number of nitrogens with one attached hydrogen (secondary N) is 1. The lowest BCUT2D eigenvalue weighted by Gasteiger charge is -2.39. The molecular weight excluding hydrogens is 218 g/mol. The van der Waals surface area contributed by atoms with Crippen LogP contribution in [0.4, 0.5) is 0 Å². The third kappa shape index (κ3) is 3.56. The summed E-state index contributed by atoms with van der Waals surface area (Å²) in [6, 6.07) is 0.263. The highest BCUT2D eigenvalue weighted by Gasteiger charge is 2.30. The van der Waals surface area contributed by atoms with Crippen LogP contribution >= 0.6 is 0 Å². The van der Waals surface area contributed by atoms with Crippen molar-refractivity contribution in [1.29, 1.82) is 0 Å². The Hall–Kier alpha value is -1.36. The van der Waals surface area contributed by atoms with Gasteiger partial charge >= 0.3 is 0 Å². The van der Waals surface area contributed by atoms with Gasteiger partial charge in [0.05, 0.1) is 5.92 Å². The lowest BCUT2D eigenvalue weighted by molar-refractivity contribution is -0.131. The highest BCUT2D eigenvalue weighted by atomic mass is 16.2. The zero-order valence-electron chi connectivity index (χ0n) is 10.5. The van der Waals surface area contributed by atoms with E-state index in [9.17, 15) is 9.59 Å². The van der Waals surface area contributed by atoms with E-state index in [2.05, 4.69) is 11.9 Å². The van der Waals surface area contributed by atoms with Gasteiger partial charge in [-0.25, -0.2) is 0 Å². The maximum Gasteiger partial charge on any atom is 0.246 e. The minimum atomic E-state index is -0.272. The molecule has 1 heterocycles. The first-order chi connectivity index (χ1) is 7.95. The smallest absolute Gasteiger partial charge is 0.246 e. The van der Waals surface area contributed by atoms with Gasteiger partial charge in [-0.3, -0.25) is 9.59 Å². The van der Waals surface area contributed by atoms with E-state index >= 15 is 0 Å². The Morgan fingerprint density at radius 3 is 2.53 bits per heavy atom. The van der Waals surface area contributed by atoms with Gasteiger partial charge in [0.25, 0.3) is 0 Å². The number of nitrogens with two attached hydrogens (primary N) is 1. The molecule has 1 rings (SSSR count). The fraction of sp³-hybridized carbons (Fsp3) is 0.667. The van der Waals surface area contributed by atoms with Crippen LogP contribution in [0.2, 0.25) is 0 Å². The van der Waals surface area contributed by atoms with Crippen molar-refractivity contribution in [2.75, 3.05) is 19.6 Å². The number of hydrogen-bond donors (Lipinski definition) is 2. The zero-order valence-corrected chi connectivity index (χ0v) is 10.5. The summed E-state index contributed by atoms with van der Waals surface area (Å²) < 4.78 is 0. The molecule has 0 aromatic heterocycles. The monoisotopic (exact) mass is 239 g/mol. The average Bonchev–Trinajstić information content (AvgIpc) is 2.19. The molecule has 1 saturated heterocycles. The predicted octanol–water partition coefficient (Wildman–Crippen LogP) is -0.270. The van der Waals surface area contributed by atoms with E-state index in [4.69, 9.17) is 5.73 Å². The van der Waals surface area contributed by atoms with Gasteiger partial charge in [-0.05, 0) is 12.0 Å². The number of carbonyl (C=O) groups is 2. The van der Waals surface area contributed by atoms with Crippen LogP contribution in [0.1, 0.15) is 13.8 Å². The van der Waals surface area contributed by atoms with Crippen molar-refractivity contribution < 1.29 is 9.59 Å². The second-order valence-electron chi connectivity index (χ2n) is 4.81. The molecule has 96 valence electrons. The van der Waals surface area contributed by atoms with Crippen LogP contribution in [-0.4, -0.2) is 42.4 Å². The number of likely N-dealkylation sites (tertiary alicyclic amines) is 1. The van der Waals surface area contributed by atoms with Crippen LogP contribution in [0.15, 0.2) is 12.7 Å². The van der Waals surface area contributed by atoms with E-state index in [1.807, 2.05) is 13.8 Å². The van der Waals surface area contributed by atoms with Crippen molar-refractivity contribution in [3.8, 4) is 0 Å². The molecule has 0 unspecified atom stereocenters. The second-order valence-corrected chi connectivity index (χ2v) is 4.81. The molecule has 1 fully saturated rings. The van der Waals surface area contributed by atoms with Crippen LogP contribution in [-0.2, 0) is 9.59 Å². The molecule has 0 radical (unpaired) electrons. The summed E-state index contributed by atoms with van der Waals surface area (Å²) in [5, 5.41) is 3.26. The SMILES string of the molecule is C=CC(=O)N1CC(NC[C@H](C(N)=O)C(C)C)C1. The van der Waals surface area contributed by atoms with Crippen LogP contribution in [0.5, 0.6) is 0 Å². The molecule has 3 N–H and O–H groups in total. The van der Waals surface area contributed by atoms with Gasteiger partial charge in [0.2, 0.25) is 11.8 Å². The summed E-state index contributed by atoms with van der Waals surface area (Å²) in [7, 11) is 0. The molecule has 2 amide bonds. The average molecular weight is 239 g/mol. The maximum absolute atomic E-state index is 11.2. The first-order valence-corrected chi connectivity index (χ1v) is 5.89. The summed E-state index contributed by atoms with van der Waals surface area (Å²) >= 11 is 0.